The number of aliphatic hydroxyl groups is 1. The minimum Gasteiger partial charge on any atom is -0.385 e. The Labute approximate surface area is 96.0 Å². The van der Waals surface area contributed by atoms with Gasteiger partial charge in [0.15, 0.2) is 5.78 Å². The number of hydrogen-bond donors (Lipinski definition) is 1. The second-order valence-corrected chi connectivity index (χ2v) is 5.89. The molecule has 0 radical (unpaired) electrons. The summed E-state index contributed by atoms with van der Waals surface area (Å²) in [5.74, 6) is 0.843. The van der Waals surface area contributed by atoms with Crippen molar-refractivity contribution in [3.8, 4) is 0 Å². The van der Waals surface area contributed by atoms with E-state index in [4.69, 9.17) is 0 Å². The Morgan fingerprint density at radius 2 is 2.06 bits per heavy atom. The van der Waals surface area contributed by atoms with Gasteiger partial charge in [0.25, 0.3) is 0 Å². The molecule has 0 spiro atoms. The van der Waals surface area contributed by atoms with Gasteiger partial charge in [-0.15, -0.1) is 0 Å². The molecular formula is C14H18O2. The van der Waals surface area contributed by atoms with Crippen LogP contribution in [0.2, 0.25) is 0 Å². The third kappa shape index (κ3) is 1.26. The first-order valence-electron chi connectivity index (χ1n) is 6.11. The lowest BCUT2D eigenvalue weighted by Gasteiger charge is -2.33. The van der Waals surface area contributed by atoms with Crippen LogP contribution in [-0.2, 0) is 4.79 Å². The molecule has 0 aromatic heterocycles. The Bertz CT molecular complexity index is 418. The molecule has 16 heavy (non-hydrogen) atoms. The van der Waals surface area contributed by atoms with E-state index in [2.05, 4.69) is 6.92 Å². The Kier molecular flexibility index (Phi) is 1.97. The van der Waals surface area contributed by atoms with E-state index in [0.717, 1.165) is 19.3 Å². The van der Waals surface area contributed by atoms with E-state index < -0.39 is 5.60 Å². The van der Waals surface area contributed by atoms with E-state index in [1.165, 1.54) is 11.1 Å². The number of ketones is 1. The van der Waals surface area contributed by atoms with Crippen LogP contribution in [0.4, 0.5) is 0 Å². The smallest absolute Gasteiger partial charge is 0.162 e. The highest BCUT2D eigenvalue weighted by atomic mass is 16.3. The standard InChI is InChI=1S/C14H18O2/c1-8-3-10-7-14(16)6-9(2)4-11(10)13(14)12(15)5-8/h5-6,10-11,13,16H,3-4,7H2,1-2H3/t10-,11+,13+,14-/m0/s1. The average Bonchev–Trinajstić information content (AvgIpc) is 2.23. The highest BCUT2D eigenvalue weighted by Gasteiger charge is 2.56. The van der Waals surface area contributed by atoms with Gasteiger partial charge in [-0.25, -0.2) is 0 Å². The fourth-order valence-electron chi connectivity index (χ4n) is 4.12. The molecule has 0 aromatic rings. The first kappa shape index (κ1) is 10.3. The number of allylic oxidation sites excluding steroid dienone is 3. The molecule has 0 aromatic carbocycles. The van der Waals surface area contributed by atoms with Gasteiger partial charge in [-0.1, -0.05) is 17.2 Å². The first-order chi connectivity index (χ1) is 7.49. The highest BCUT2D eigenvalue weighted by Crippen LogP contribution is 2.55. The van der Waals surface area contributed by atoms with Crippen LogP contribution in [0.15, 0.2) is 23.3 Å². The average molecular weight is 218 g/mol. The Hall–Kier alpha value is -0.890. The van der Waals surface area contributed by atoms with Crippen molar-refractivity contribution in [2.24, 2.45) is 17.8 Å². The second kappa shape index (κ2) is 3.07. The van der Waals surface area contributed by atoms with Gasteiger partial charge >= 0.3 is 0 Å². The Balaban J connectivity index is 2.10. The third-order valence-electron chi connectivity index (χ3n) is 4.49. The zero-order valence-electron chi connectivity index (χ0n) is 9.86. The van der Waals surface area contributed by atoms with Crippen molar-refractivity contribution in [3.05, 3.63) is 23.3 Å². The zero-order valence-corrected chi connectivity index (χ0v) is 9.86. The van der Waals surface area contributed by atoms with E-state index in [1.54, 1.807) is 6.08 Å². The zero-order chi connectivity index (χ0) is 11.5. The van der Waals surface area contributed by atoms with Gasteiger partial charge in [-0.05, 0) is 51.0 Å². The van der Waals surface area contributed by atoms with E-state index in [-0.39, 0.29) is 11.7 Å². The van der Waals surface area contributed by atoms with Gasteiger partial charge in [0.1, 0.15) is 0 Å². The number of carbonyl (C=O) groups excluding carboxylic acids is 1. The summed E-state index contributed by atoms with van der Waals surface area (Å²) >= 11 is 0. The van der Waals surface area contributed by atoms with Gasteiger partial charge in [0.2, 0.25) is 0 Å². The van der Waals surface area contributed by atoms with E-state index in [0.29, 0.717) is 11.8 Å². The summed E-state index contributed by atoms with van der Waals surface area (Å²) < 4.78 is 0. The molecule has 2 heteroatoms. The topological polar surface area (TPSA) is 37.3 Å². The fraction of sp³-hybridized carbons (Fsp3) is 0.643. The monoisotopic (exact) mass is 218 g/mol. The van der Waals surface area contributed by atoms with Crippen LogP contribution in [0.1, 0.15) is 33.1 Å². The van der Waals surface area contributed by atoms with Crippen molar-refractivity contribution in [3.63, 3.8) is 0 Å². The molecular weight excluding hydrogens is 200 g/mol. The van der Waals surface area contributed by atoms with Gasteiger partial charge < -0.3 is 5.11 Å². The van der Waals surface area contributed by atoms with Gasteiger partial charge in [-0.2, -0.15) is 0 Å². The van der Waals surface area contributed by atoms with E-state index in [9.17, 15) is 9.90 Å². The van der Waals surface area contributed by atoms with Gasteiger partial charge in [0.05, 0.1) is 11.5 Å². The molecule has 2 nitrogen and oxygen atoms in total. The van der Waals surface area contributed by atoms with Gasteiger partial charge in [-0.3, -0.25) is 4.79 Å². The predicted molar refractivity (Wildman–Crippen MR) is 61.8 cm³/mol. The summed E-state index contributed by atoms with van der Waals surface area (Å²) in [5.41, 5.74) is 1.59. The minimum absolute atomic E-state index is 0.147. The molecule has 4 atom stereocenters. The minimum atomic E-state index is -0.841. The maximum atomic E-state index is 12.1. The molecule has 1 fully saturated rings. The molecule has 0 saturated heterocycles. The van der Waals surface area contributed by atoms with Crippen molar-refractivity contribution < 1.29 is 9.90 Å². The molecule has 1 N–H and O–H groups in total. The molecule has 0 amide bonds. The summed E-state index contributed by atoms with van der Waals surface area (Å²) in [6, 6.07) is 0. The summed E-state index contributed by atoms with van der Waals surface area (Å²) in [4.78, 5) is 12.1. The molecule has 3 aliphatic rings. The van der Waals surface area contributed by atoms with Crippen LogP contribution in [0.3, 0.4) is 0 Å². The predicted octanol–water partition coefficient (Wildman–Crippen LogP) is 2.24. The van der Waals surface area contributed by atoms with Crippen LogP contribution in [0, 0.1) is 17.8 Å². The van der Waals surface area contributed by atoms with Crippen LogP contribution in [0.25, 0.3) is 0 Å². The lowest BCUT2D eigenvalue weighted by molar-refractivity contribution is -0.125. The fourth-order valence-corrected chi connectivity index (χ4v) is 4.12. The summed E-state index contributed by atoms with van der Waals surface area (Å²) in [5, 5.41) is 10.6. The number of hydrogen-bond acceptors (Lipinski definition) is 2. The molecule has 0 unspecified atom stereocenters. The van der Waals surface area contributed by atoms with Crippen LogP contribution in [0.5, 0.6) is 0 Å². The normalized spacial score (nSPS) is 46.2. The molecule has 3 aliphatic carbocycles. The molecule has 3 rings (SSSR count). The van der Waals surface area contributed by atoms with E-state index in [1.807, 2.05) is 13.0 Å². The Morgan fingerprint density at radius 1 is 1.31 bits per heavy atom. The SMILES string of the molecule is CC1=CC(=O)[C@H]2[C@@H]3CC(C)=C[C@]2(O)C[C@@H]3C1. The van der Waals surface area contributed by atoms with Crippen molar-refractivity contribution in [2.75, 3.05) is 0 Å². The maximum absolute atomic E-state index is 12.1. The lowest BCUT2D eigenvalue weighted by atomic mass is 9.74. The van der Waals surface area contributed by atoms with Crippen LogP contribution in [-0.4, -0.2) is 16.5 Å². The lowest BCUT2D eigenvalue weighted by Crippen LogP contribution is -2.40. The largest absolute Gasteiger partial charge is 0.385 e. The van der Waals surface area contributed by atoms with E-state index >= 15 is 0 Å². The molecule has 0 heterocycles. The van der Waals surface area contributed by atoms with Gasteiger partial charge in [0, 0.05) is 0 Å². The summed E-state index contributed by atoms with van der Waals surface area (Å²) in [6.07, 6.45) is 6.45. The Morgan fingerprint density at radius 3 is 2.81 bits per heavy atom. The molecule has 86 valence electrons. The van der Waals surface area contributed by atoms with Crippen molar-refractivity contribution in [2.45, 2.75) is 38.7 Å². The number of carbonyl (C=O) groups is 1. The highest BCUT2D eigenvalue weighted by molar-refractivity contribution is 5.94. The summed E-state index contributed by atoms with van der Waals surface area (Å²) in [7, 11) is 0. The third-order valence-corrected chi connectivity index (χ3v) is 4.49. The molecule has 0 aliphatic heterocycles. The first-order valence-corrected chi connectivity index (χ1v) is 6.11. The van der Waals surface area contributed by atoms with Crippen molar-refractivity contribution in [1.82, 2.24) is 0 Å². The van der Waals surface area contributed by atoms with Crippen LogP contribution < -0.4 is 0 Å². The number of rotatable bonds is 0. The van der Waals surface area contributed by atoms with Crippen molar-refractivity contribution >= 4 is 5.78 Å². The molecule has 1 saturated carbocycles. The van der Waals surface area contributed by atoms with Crippen molar-refractivity contribution in [1.29, 1.82) is 0 Å². The quantitative estimate of drug-likeness (QED) is 0.633. The van der Waals surface area contributed by atoms with Crippen LogP contribution >= 0.6 is 0 Å². The maximum Gasteiger partial charge on any atom is 0.162 e. The summed E-state index contributed by atoms with van der Waals surface area (Å²) in [6.45, 7) is 4.10. The second-order valence-electron chi connectivity index (χ2n) is 5.89. The molecule has 4 bridgehead atoms.